The van der Waals surface area contributed by atoms with E-state index in [4.69, 9.17) is 11.6 Å². The van der Waals surface area contributed by atoms with Crippen molar-refractivity contribution in [2.75, 3.05) is 5.88 Å². The lowest BCUT2D eigenvalue weighted by molar-refractivity contribution is 0.738. The molecule has 3 aromatic rings. The number of rotatable bonds is 2. The van der Waals surface area contributed by atoms with Gasteiger partial charge in [0.1, 0.15) is 6.33 Å². The van der Waals surface area contributed by atoms with Crippen molar-refractivity contribution in [1.82, 2.24) is 24.1 Å². The number of pyridine rings is 1. The number of aromatic nitrogens is 5. The molecule has 0 N–H and O–H groups in total. The minimum Gasteiger partial charge on any atom is -0.314 e. The van der Waals surface area contributed by atoms with Gasteiger partial charge in [0.25, 0.3) is 11.3 Å². The predicted octanol–water partition coefficient (Wildman–Crippen LogP) is 0.678. The first-order valence-electron chi connectivity index (χ1n) is 5.05. The molecule has 7 heteroatoms. The van der Waals surface area contributed by atoms with E-state index < -0.39 is 0 Å². The molecule has 3 aromatic heterocycles. The summed E-state index contributed by atoms with van der Waals surface area (Å²) in [5, 5.41) is 4.54. The SMILES string of the molecule is O=c1c2cnc3ncnn3c2ccn1CCCl. The topological polar surface area (TPSA) is 65.1 Å². The first-order chi connectivity index (χ1) is 8.31. The lowest BCUT2D eigenvalue weighted by Gasteiger charge is -2.05. The van der Waals surface area contributed by atoms with Gasteiger partial charge < -0.3 is 4.57 Å². The van der Waals surface area contributed by atoms with E-state index in [0.29, 0.717) is 29.1 Å². The first-order valence-corrected chi connectivity index (χ1v) is 5.58. The average molecular weight is 250 g/mol. The summed E-state index contributed by atoms with van der Waals surface area (Å²) in [5.41, 5.74) is 0.580. The Balaban J connectivity index is 2.40. The minimum absolute atomic E-state index is 0.118. The highest BCUT2D eigenvalue weighted by atomic mass is 35.5. The van der Waals surface area contributed by atoms with Crippen LogP contribution in [0.4, 0.5) is 0 Å². The maximum atomic E-state index is 12.1. The van der Waals surface area contributed by atoms with Crippen LogP contribution in [0, 0.1) is 0 Å². The van der Waals surface area contributed by atoms with E-state index in [1.807, 2.05) is 6.07 Å². The second-order valence-corrected chi connectivity index (χ2v) is 3.91. The quantitative estimate of drug-likeness (QED) is 0.627. The number of fused-ring (bicyclic) bond motifs is 3. The zero-order chi connectivity index (χ0) is 11.8. The van der Waals surface area contributed by atoms with E-state index in [2.05, 4.69) is 15.1 Å². The van der Waals surface area contributed by atoms with Gasteiger partial charge in [-0.3, -0.25) is 4.79 Å². The zero-order valence-electron chi connectivity index (χ0n) is 8.75. The fourth-order valence-electron chi connectivity index (χ4n) is 1.77. The van der Waals surface area contributed by atoms with Crippen molar-refractivity contribution in [2.45, 2.75) is 6.54 Å². The van der Waals surface area contributed by atoms with E-state index in [9.17, 15) is 4.79 Å². The molecule has 0 saturated heterocycles. The Hall–Kier alpha value is -1.95. The molecular weight excluding hydrogens is 242 g/mol. The van der Waals surface area contributed by atoms with Crippen molar-refractivity contribution >= 4 is 28.3 Å². The third kappa shape index (κ3) is 1.49. The third-order valence-electron chi connectivity index (χ3n) is 2.57. The maximum Gasteiger partial charge on any atom is 0.261 e. The van der Waals surface area contributed by atoms with E-state index in [0.717, 1.165) is 0 Å². The summed E-state index contributed by atoms with van der Waals surface area (Å²) in [4.78, 5) is 20.1. The van der Waals surface area contributed by atoms with Gasteiger partial charge in [-0.2, -0.15) is 14.6 Å². The summed E-state index contributed by atoms with van der Waals surface area (Å²) in [5.74, 6) is 0.872. The van der Waals surface area contributed by atoms with Crippen LogP contribution in [0.1, 0.15) is 0 Å². The Morgan fingerprint density at radius 3 is 3.06 bits per heavy atom. The summed E-state index contributed by atoms with van der Waals surface area (Å²) in [6.07, 6.45) is 4.63. The van der Waals surface area contributed by atoms with Crippen molar-refractivity contribution in [3.63, 3.8) is 0 Å². The van der Waals surface area contributed by atoms with E-state index in [1.165, 1.54) is 12.5 Å². The number of aryl methyl sites for hydroxylation is 1. The van der Waals surface area contributed by atoms with Crippen molar-refractivity contribution in [3.8, 4) is 0 Å². The Kier molecular flexibility index (Phi) is 2.29. The van der Waals surface area contributed by atoms with Crippen LogP contribution in [0.25, 0.3) is 16.7 Å². The fourth-order valence-corrected chi connectivity index (χ4v) is 1.95. The molecule has 3 rings (SSSR count). The van der Waals surface area contributed by atoms with E-state index in [1.54, 1.807) is 15.3 Å². The molecule has 0 bridgehead atoms. The molecule has 0 saturated carbocycles. The Labute approximate surface area is 100 Å². The maximum absolute atomic E-state index is 12.1. The highest BCUT2D eigenvalue weighted by Crippen LogP contribution is 2.08. The summed E-state index contributed by atoms with van der Waals surface area (Å²) < 4.78 is 3.10. The molecule has 0 aromatic carbocycles. The standard InChI is InChI=1S/C10H8ClN5O/c11-2-4-15-3-1-8-7(9(15)17)5-12-10-13-6-14-16(8)10/h1,3,5-6H,2,4H2. The van der Waals surface area contributed by atoms with Crippen molar-refractivity contribution in [2.24, 2.45) is 0 Å². The molecule has 0 unspecified atom stereocenters. The highest BCUT2D eigenvalue weighted by Gasteiger charge is 2.07. The minimum atomic E-state index is -0.118. The zero-order valence-corrected chi connectivity index (χ0v) is 9.50. The molecule has 0 fully saturated rings. The number of alkyl halides is 1. The van der Waals surface area contributed by atoms with Gasteiger partial charge in [-0.15, -0.1) is 11.6 Å². The molecule has 3 heterocycles. The predicted molar refractivity (Wildman–Crippen MR) is 63.3 cm³/mol. The van der Waals surface area contributed by atoms with Crippen LogP contribution in [0.5, 0.6) is 0 Å². The molecule has 0 amide bonds. The average Bonchev–Trinajstić information content (AvgIpc) is 2.81. The second-order valence-electron chi connectivity index (χ2n) is 3.53. The van der Waals surface area contributed by atoms with Gasteiger partial charge >= 0.3 is 0 Å². The molecule has 17 heavy (non-hydrogen) atoms. The van der Waals surface area contributed by atoms with Crippen LogP contribution < -0.4 is 5.56 Å². The van der Waals surface area contributed by atoms with Gasteiger partial charge in [-0.05, 0) is 6.07 Å². The summed E-state index contributed by atoms with van der Waals surface area (Å²) in [6, 6.07) is 1.81. The van der Waals surface area contributed by atoms with Gasteiger partial charge in [0.05, 0.1) is 10.9 Å². The Morgan fingerprint density at radius 2 is 2.24 bits per heavy atom. The number of hydrogen-bond donors (Lipinski definition) is 0. The van der Waals surface area contributed by atoms with Gasteiger partial charge in [-0.25, -0.2) is 4.98 Å². The summed E-state index contributed by atoms with van der Waals surface area (Å²) in [6.45, 7) is 0.478. The molecule has 0 spiro atoms. The van der Waals surface area contributed by atoms with Gasteiger partial charge in [-0.1, -0.05) is 0 Å². The smallest absolute Gasteiger partial charge is 0.261 e. The molecule has 0 radical (unpaired) electrons. The van der Waals surface area contributed by atoms with Gasteiger partial charge in [0, 0.05) is 24.8 Å². The lowest BCUT2D eigenvalue weighted by Crippen LogP contribution is -2.21. The molecule has 0 atom stereocenters. The van der Waals surface area contributed by atoms with Crippen LogP contribution in [0.3, 0.4) is 0 Å². The monoisotopic (exact) mass is 249 g/mol. The lowest BCUT2D eigenvalue weighted by atomic mass is 10.3. The van der Waals surface area contributed by atoms with Crippen molar-refractivity contribution < 1.29 is 0 Å². The van der Waals surface area contributed by atoms with Crippen LogP contribution >= 0.6 is 11.6 Å². The van der Waals surface area contributed by atoms with Crippen LogP contribution in [-0.2, 0) is 6.54 Å². The largest absolute Gasteiger partial charge is 0.314 e. The van der Waals surface area contributed by atoms with Gasteiger partial charge in [0.2, 0.25) is 0 Å². The van der Waals surface area contributed by atoms with E-state index in [-0.39, 0.29) is 5.56 Å². The highest BCUT2D eigenvalue weighted by molar-refractivity contribution is 6.17. The van der Waals surface area contributed by atoms with E-state index >= 15 is 0 Å². The number of hydrogen-bond acceptors (Lipinski definition) is 4. The molecule has 0 aliphatic heterocycles. The number of nitrogens with zero attached hydrogens (tertiary/aromatic N) is 5. The van der Waals surface area contributed by atoms with Crippen molar-refractivity contribution in [1.29, 1.82) is 0 Å². The second kappa shape index (κ2) is 3.81. The molecule has 86 valence electrons. The summed E-state index contributed by atoms with van der Waals surface area (Å²) >= 11 is 5.63. The van der Waals surface area contributed by atoms with Crippen LogP contribution in [-0.4, -0.2) is 30.0 Å². The normalized spacial score (nSPS) is 11.4. The first kappa shape index (κ1) is 10.2. The summed E-state index contributed by atoms with van der Waals surface area (Å²) in [7, 11) is 0. The fraction of sp³-hybridized carbons (Fsp3) is 0.200. The van der Waals surface area contributed by atoms with Crippen molar-refractivity contribution in [3.05, 3.63) is 35.1 Å². The van der Waals surface area contributed by atoms with Crippen LogP contribution in [0.15, 0.2) is 29.6 Å². The molecule has 0 aliphatic rings. The Bertz CT molecular complexity index is 747. The molecular formula is C10H8ClN5O. The molecule has 0 aliphatic carbocycles. The number of halogens is 1. The van der Waals surface area contributed by atoms with Crippen LogP contribution in [0.2, 0.25) is 0 Å². The molecule has 6 nitrogen and oxygen atoms in total. The van der Waals surface area contributed by atoms with Gasteiger partial charge in [0.15, 0.2) is 0 Å². The third-order valence-corrected chi connectivity index (χ3v) is 2.74. The Morgan fingerprint density at radius 1 is 1.35 bits per heavy atom.